The van der Waals surface area contributed by atoms with E-state index in [1.165, 1.54) is 12.8 Å². The van der Waals surface area contributed by atoms with E-state index in [1.54, 1.807) is 13.2 Å². The van der Waals surface area contributed by atoms with E-state index in [-0.39, 0.29) is 24.6 Å². The normalized spacial score (nSPS) is 29.1. The van der Waals surface area contributed by atoms with Gasteiger partial charge in [-0.15, -0.1) is 0 Å². The van der Waals surface area contributed by atoms with E-state index in [2.05, 4.69) is 24.2 Å². The number of hydrogen-bond acceptors (Lipinski definition) is 4. The Balaban J connectivity index is 0.00000225. The fourth-order valence-corrected chi connectivity index (χ4v) is 5.00. The van der Waals surface area contributed by atoms with Gasteiger partial charge in [-0.2, -0.15) is 0 Å². The van der Waals surface area contributed by atoms with Gasteiger partial charge in [0.15, 0.2) is 5.78 Å². The van der Waals surface area contributed by atoms with E-state index >= 15 is 0 Å². The number of nitrogens with one attached hydrogen (secondary N) is 1. The summed E-state index contributed by atoms with van der Waals surface area (Å²) in [5.41, 5.74) is 2.51. The number of likely N-dealkylation sites (N-methyl/N-ethyl adjacent to an activating group) is 1. The number of ketones is 1. The average molecular weight is 373 g/mol. The fraction of sp³-hybridized carbons (Fsp3) is 0.636. The van der Waals surface area contributed by atoms with Crippen LogP contribution < -0.4 is 5.32 Å². The van der Waals surface area contributed by atoms with Crippen LogP contribution in [0.15, 0.2) is 18.2 Å². The lowest BCUT2D eigenvalue weighted by Crippen LogP contribution is -2.60. The minimum atomic E-state index is -0.102. The van der Waals surface area contributed by atoms with Gasteiger partial charge in [-0.05, 0) is 67.7 Å². The molecule has 1 amide bonds. The third kappa shape index (κ3) is 3.21. The van der Waals surface area contributed by atoms with E-state index in [0.717, 1.165) is 36.4 Å². The maximum Gasteiger partial charge on any atom is 0.251 e. The third-order valence-electron chi connectivity index (χ3n) is 6.92. The molecule has 0 aliphatic heterocycles. The number of fused-ring (bicyclic) bond motifs is 3. The summed E-state index contributed by atoms with van der Waals surface area (Å²) in [4.78, 5) is 28.1. The molecule has 1 N–H and O–H groups in total. The second-order valence-corrected chi connectivity index (χ2v) is 8.76. The lowest BCUT2D eigenvalue weighted by molar-refractivity contribution is 0.0233. The molecular weight excluding hydrogens is 340 g/mol. The molecule has 1 aromatic rings. The van der Waals surface area contributed by atoms with Crippen molar-refractivity contribution in [2.45, 2.75) is 44.1 Å². The van der Waals surface area contributed by atoms with Crippen molar-refractivity contribution >= 4 is 11.7 Å². The summed E-state index contributed by atoms with van der Waals surface area (Å²) in [7, 11) is 3.73. The Hall–Kier alpha value is -1.72. The highest BCUT2D eigenvalue weighted by atomic mass is 16.5. The molecule has 0 spiro atoms. The quantitative estimate of drug-likeness (QED) is 0.748. The van der Waals surface area contributed by atoms with Crippen LogP contribution in [0.3, 0.4) is 0 Å². The Kier molecular flexibility index (Phi) is 4.85. The second kappa shape index (κ2) is 7.02. The molecule has 148 valence electrons. The van der Waals surface area contributed by atoms with Crippen LogP contribution >= 0.6 is 0 Å². The molecule has 27 heavy (non-hydrogen) atoms. The Bertz CT molecular complexity index is 764. The van der Waals surface area contributed by atoms with E-state index in [1.807, 2.05) is 12.1 Å². The number of ether oxygens (including phenoxy) is 1. The van der Waals surface area contributed by atoms with Gasteiger partial charge in [-0.25, -0.2) is 0 Å². The zero-order valence-corrected chi connectivity index (χ0v) is 16.6. The number of methoxy groups -OCH3 is 1. The maximum absolute atomic E-state index is 13.3. The summed E-state index contributed by atoms with van der Waals surface area (Å²) in [5, 5.41) is 2.87. The third-order valence-corrected chi connectivity index (χ3v) is 6.92. The van der Waals surface area contributed by atoms with E-state index < -0.39 is 0 Å². The van der Waals surface area contributed by atoms with Gasteiger partial charge in [-0.1, -0.05) is 13.0 Å². The highest BCUT2D eigenvalue weighted by Gasteiger charge is 2.56. The summed E-state index contributed by atoms with van der Waals surface area (Å²) < 4.78 is 4.99. The molecule has 3 aliphatic carbocycles. The van der Waals surface area contributed by atoms with E-state index in [4.69, 9.17) is 4.74 Å². The average Bonchev–Trinajstić information content (AvgIpc) is 3.46. The van der Waals surface area contributed by atoms with Crippen molar-refractivity contribution in [1.29, 1.82) is 0 Å². The van der Waals surface area contributed by atoms with Crippen molar-refractivity contribution in [3.05, 3.63) is 34.9 Å². The molecule has 3 atom stereocenters. The predicted molar refractivity (Wildman–Crippen MR) is 106 cm³/mol. The largest absolute Gasteiger partial charge is 0.383 e. The van der Waals surface area contributed by atoms with Crippen molar-refractivity contribution in [2.75, 3.05) is 33.9 Å². The highest BCUT2D eigenvalue weighted by Crippen LogP contribution is 2.55. The smallest absolute Gasteiger partial charge is 0.251 e. The van der Waals surface area contributed by atoms with Crippen molar-refractivity contribution < 1.29 is 15.8 Å². The molecule has 5 heteroatoms. The molecule has 3 aliphatic rings. The van der Waals surface area contributed by atoms with Crippen molar-refractivity contribution in [1.82, 2.24) is 10.2 Å². The highest BCUT2D eigenvalue weighted by molar-refractivity contribution is 6.05. The molecule has 4 rings (SSSR count). The maximum atomic E-state index is 13.3. The summed E-state index contributed by atoms with van der Waals surface area (Å²) in [5.74, 6) is 1.26. The van der Waals surface area contributed by atoms with Crippen LogP contribution in [0.5, 0.6) is 0 Å². The molecule has 1 aromatic carbocycles. The van der Waals surface area contributed by atoms with Crippen LogP contribution in [-0.4, -0.2) is 56.5 Å². The molecule has 2 saturated carbocycles. The predicted octanol–water partition coefficient (Wildman–Crippen LogP) is 2.88. The van der Waals surface area contributed by atoms with Gasteiger partial charge >= 0.3 is 0 Å². The van der Waals surface area contributed by atoms with Crippen LogP contribution in [-0.2, 0) is 10.2 Å². The van der Waals surface area contributed by atoms with Crippen LogP contribution in [0.1, 0.15) is 60.3 Å². The summed E-state index contributed by atoms with van der Waals surface area (Å²) >= 11 is 0. The van der Waals surface area contributed by atoms with E-state index in [9.17, 15) is 9.59 Å². The molecule has 0 radical (unpaired) electrons. The van der Waals surface area contributed by atoms with Crippen molar-refractivity contribution in [2.24, 2.45) is 11.8 Å². The van der Waals surface area contributed by atoms with Crippen LogP contribution in [0, 0.1) is 11.8 Å². The molecule has 0 heterocycles. The molecule has 1 unspecified atom stereocenters. The first-order valence-electron chi connectivity index (χ1n) is 10.1. The fourth-order valence-electron chi connectivity index (χ4n) is 5.00. The summed E-state index contributed by atoms with van der Waals surface area (Å²) in [6.07, 6.45) is 4.77. The number of rotatable bonds is 7. The number of Topliss-reactive ketones (excluding diaryl/α,β-unsaturated/α-hetero) is 1. The summed E-state index contributed by atoms with van der Waals surface area (Å²) in [6.45, 7) is 4.28. The number of hydrogen-bond donors (Lipinski definition) is 1. The SMILES string of the molecule is COCCNC(=O)c1ccc2c(c1)[C@]1(C)CC[C@H]1C(N(C)CC1CC1)C2=O.[HH]. The lowest BCUT2D eigenvalue weighted by atomic mass is 9.50. The monoisotopic (exact) mass is 372 g/mol. The molecule has 0 aromatic heterocycles. The standard InChI is InChI=1S/C22H30N2O3.H2/c1-22-9-8-17(22)19(24(2)13-14-4-5-14)20(25)16-7-6-15(12-18(16)22)21(26)23-10-11-27-3;/h6-7,12,14,17,19H,4-5,8-11,13H2,1-3H3,(H,23,26);1H/t17-,19?,22+;/m0./s1. The van der Waals surface area contributed by atoms with E-state index in [0.29, 0.717) is 24.6 Å². The van der Waals surface area contributed by atoms with Gasteiger partial charge in [0.25, 0.3) is 5.91 Å². The van der Waals surface area contributed by atoms with Crippen LogP contribution in [0.4, 0.5) is 0 Å². The van der Waals surface area contributed by atoms with Crippen molar-refractivity contribution in [3.8, 4) is 0 Å². The second-order valence-electron chi connectivity index (χ2n) is 8.76. The topological polar surface area (TPSA) is 58.6 Å². The van der Waals surface area contributed by atoms with Gasteiger partial charge < -0.3 is 10.1 Å². The molecule has 0 saturated heterocycles. The van der Waals surface area contributed by atoms with Gasteiger partial charge in [-0.3, -0.25) is 14.5 Å². The van der Waals surface area contributed by atoms with Gasteiger partial charge in [0.2, 0.25) is 0 Å². The first-order valence-corrected chi connectivity index (χ1v) is 10.1. The van der Waals surface area contributed by atoms with Gasteiger partial charge in [0.1, 0.15) is 0 Å². The first-order chi connectivity index (χ1) is 13.0. The van der Waals surface area contributed by atoms with Gasteiger partial charge in [0.05, 0.1) is 12.6 Å². The molecule has 5 nitrogen and oxygen atoms in total. The number of amides is 1. The number of nitrogens with zero attached hydrogens (tertiary/aromatic N) is 1. The molecule has 2 fully saturated rings. The zero-order valence-electron chi connectivity index (χ0n) is 16.6. The number of benzene rings is 1. The van der Waals surface area contributed by atoms with Crippen LogP contribution in [0.2, 0.25) is 0 Å². The van der Waals surface area contributed by atoms with Crippen molar-refractivity contribution in [3.63, 3.8) is 0 Å². The Morgan fingerprint density at radius 2 is 2.15 bits per heavy atom. The number of carbonyl (C=O) groups is 2. The Morgan fingerprint density at radius 3 is 2.78 bits per heavy atom. The Morgan fingerprint density at radius 1 is 1.37 bits per heavy atom. The number of carbonyl (C=O) groups excluding carboxylic acids is 2. The van der Waals surface area contributed by atoms with Crippen LogP contribution in [0.25, 0.3) is 0 Å². The molecule has 0 bridgehead atoms. The zero-order chi connectivity index (χ0) is 19.2. The molecular formula is C22H32N2O3. The Labute approximate surface area is 162 Å². The minimum absolute atomic E-state index is 0. The van der Waals surface area contributed by atoms with Gasteiger partial charge in [0, 0.05) is 32.8 Å². The lowest BCUT2D eigenvalue weighted by Gasteiger charge is -2.56. The minimum Gasteiger partial charge on any atom is -0.383 e. The summed E-state index contributed by atoms with van der Waals surface area (Å²) in [6, 6.07) is 5.61. The first kappa shape index (κ1) is 18.6.